The van der Waals surface area contributed by atoms with E-state index in [4.69, 9.17) is 5.73 Å². The summed E-state index contributed by atoms with van der Waals surface area (Å²) in [5.41, 5.74) is 7.50. The minimum Gasteiger partial charge on any atom is -0.327 e. The van der Waals surface area contributed by atoms with Crippen molar-refractivity contribution < 1.29 is 4.39 Å². The standard InChI is InChI=1S/C17H26FN/c1-2-3-13-4-8-15(9-5-13)17(19)12-14-6-10-16(18)11-7-14/h6-7,10-11,13,15,17H,2-5,8-9,12,19H2,1H3. The Balaban J connectivity index is 1.81. The molecule has 1 aliphatic rings. The third kappa shape index (κ3) is 4.31. The summed E-state index contributed by atoms with van der Waals surface area (Å²) in [6.45, 7) is 2.27. The molecule has 0 aliphatic heterocycles. The lowest BCUT2D eigenvalue weighted by Gasteiger charge is -2.32. The third-order valence-electron chi connectivity index (χ3n) is 4.58. The number of hydrogen-bond acceptors (Lipinski definition) is 1. The fraction of sp³-hybridized carbons (Fsp3) is 0.647. The number of hydrogen-bond donors (Lipinski definition) is 1. The smallest absolute Gasteiger partial charge is 0.123 e. The molecule has 1 unspecified atom stereocenters. The molecule has 0 amide bonds. The van der Waals surface area contributed by atoms with Crippen LogP contribution in [0.2, 0.25) is 0 Å². The van der Waals surface area contributed by atoms with Gasteiger partial charge in [0, 0.05) is 6.04 Å². The minimum absolute atomic E-state index is 0.169. The molecule has 0 aromatic heterocycles. The van der Waals surface area contributed by atoms with Gasteiger partial charge in [-0.25, -0.2) is 4.39 Å². The first-order valence-corrected chi connectivity index (χ1v) is 7.69. The van der Waals surface area contributed by atoms with Crippen LogP contribution in [0.1, 0.15) is 51.0 Å². The highest BCUT2D eigenvalue weighted by Crippen LogP contribution is 2.33. The van der Waals surface area contributed by atoms with E-state index in [0.29, 0.717) is 5.92 Å². The van der Waals surface area contributed by atoms with Crippen LogP contribution in [0.4, 0.5) is 4.39 Å². The molecular formula is C17H26FN. The molecule has 2 rings (SSSR count). The van der Waals surface area contributed by atoms with E-state index in [-0.39, 0.29) is 11.9 Å². The normalized spacial score (nSPS) is 25.2. The number of halogens is 1. The van der Waals surface area contributed by atoms with Crippen LogP contribution in [0.3, 0.4) is 0 Å². The minimum atomic E-state index is -0.169. The Hall–Kier alpha value is -0.890. The summed E-state index contributed by atoms with van der Waals surface area (Å²) in [5, 5.41) is 0. The van der Waals surface area contributed by atoms with Gasteiger partial charge in [0.1, 0.15) is 5.82 Å². The van der Waals surface area contributed by atoms with Crippen molar-refractivity contribution in [1.29, 1.82) is 0 Å². The van der Waals surface area contributed by atoms with Crippen LogP contribution >= 0.6 is 0 Å². The number of benzene rings is 1. The average Bonchev–Trinajstić information content (AvgIpc) is 2.42. The maximum absolute atomic E-state index is 12.9. The first kappa shape index (κ1) is 14.5. The van der Waals surface area contributed by atoms with Crippen molar-refractivity contribution in [2.24, 2.45) is 17.6 Å². The van der Waals surface area contributed by atoms with Crippen LogP contribution in [0.5, 0.6) is 0 Å². The molecule has 2 heteroatoms. The zero-order valence-corrected chi connectivity index (χ0v) is 11.9. The molecule has 1 aliphatic carbocycles. The Morgan fingerprint density at radius 2 is 1.79 bits per heavy atom. The van der Waals surface area contributed by atoms with Crippen LogP contribution in [0.25, 0.3) is 0 Å². The second-order valence-corrected chi connectivity index (χ2v) is 6.06. The van der Waals surface area contributed by atoms with Crippen LogP contribution in [0.15, 0.2) is 24.3 Å². The van der Waals surface area contributed by atoms with Gasteiger partial charge in [-0.1, -0.05) is 44.7 Å². The van der Waals surface area contributed by atoms with Gasteiger partial charge in [0.15, 0.2) is 0 Å². The Labute approximate surface area is 116 Å². The molecule has 0 heterocycles. The number of nitrogens with two attached hydrogens (primary N) is 1. The Morgan fingerprint density at radius 1 is 1.16 bits per heavy atom. The van der Waals surface area contributed by atoms with Gasteiger partial charge >= 0.3 is 0 Å². The van der Waals surface area contributed by atoms with Crippen LogP contribution in [-0.2, 0) is 6.42 Å². The molecule has 0 bridgehead atoms. The summed E-state index contributed by atoms with van der Waals surface area (Å²) in [6.07, 6.45) is 8.78. The highest BCUT2D eigenvalue weighted by Gasteiger charge is 2.25. The highest BCUT2D eigenvalue weighted by atomic mass is 19.1. The van der Waals surface area contributed by atoms with Gasteiger partial charge in [-0.15, -0.1) is 0 Å². The van der Waals surface area contributed by atoms with E-state index in [1.165, 1.54) is 50.7 Å². The second kappa shape index (κ2) is 7.04. The number of rotatable bonds is 5. The first-order valence-electron chi connectivity index (χ1n) is 7.69. The van der Waals surface area contributed by atoms with E-state index in [0.717, 1.165) is 17.9 Å². The Morgan fingerprint density at radius 3 is 2.37 bits per heavy atom. The Bertz CT molecular complexity index is 365. The largest absolute Gasteiger partial charge is 0.327 e. The quantitative estimate of drug-likeness (QED) is 0.842. The fourth-order valence-corrected chi connectivity index (χ4v) is 3.37. The van der Waals surface area contributed by atoms with Crippen molar-refractivity contribution in [2.75, 3.05) is 0 Å². The van der Waals surface area contributed by atoms with Gasteiger partial charge in [-0.2, -0.15) is 0 Å². The molecule has 1 nitrogen and oxygen atoms in total. The van der Waals surface area contributed by atoms with Crippen LogP contribution < -0.4 is 5.73 Å². The van der Waals surface area contributed by atoms with Crippen LogP contribution in [0, 0.1) is 17.7 Å². The van der Waals surface area contributed by atoms with Crippen molar-refractivity contribution in [1.82, 2.24) is 0 Å². The van der Waals surface area contributed by atoms with Gasteiger partial charge in [0.05, 0.1) is 0 Å². The lowest BCUT2D eigenvalue weighted by molar-refractivity contribution is 0.232. The molecule has 2 N–H and O–H groups in total. The predicted molar refractivity (Wildman–Crippen MR) is 78.4 cm³/mol. The highest BCUT2D eigenvalue weighted by molar-refractivity contribution is 5.17. The zero-order chi connectivity index (χ0) is 13.7. The summed E-state index contributed by atoms with van der Waals surface area (Å²) in [6, 6.07) is 7.00. The van der Waals surface area contributed by atoms with E-state index in [9.17, 15) is 4.39 Å². The molecule has 1 fully saturated rings. The summed E-state index contributed by atoms with van der Waals surface area (Å²) in [7, 11) is 0. The summed E-state index contributed by atoms with van der Waals surface area (Å²) in [4.78, 5) is 0. The third-order valence-corrected chi connectivity index (χ3v) is 4.58. The van der Waals surface area contributed by atoms with E-state index in [2.05, 4.69) is 6.92 Å². The van der Waals surface area contributed by atoms with E-state index >= 15 is 0 Å². The van der Waals surface area contributed by atoms with E-state index in [1.807, 2.05) is 12.1 Å². The maximum atomic E-state index is 12.9. The molecular weight excluding hydrogens is 237 g/mol. The average molecular weight is 263 g/mol. The molecule has 106 valence electrons. The predicted octanol–water partition coefficient (Wildman–Crippen LogP) is 4.30. The molecule has 1 aromatic carbocycles. The van der Waals surface area contributed by atoms with Gasteiger partial charge in [0.2, 0.25) is 0 Å². The van der Waals surface area contributed by atoms with Crippen molar-refractivity contribution in [2.45, 2.75) is 57.9 Å². The van der Waals surface area contributed by atoms with Gasteiger partial charge < -0.3 is 5.73 Å². The second-order valence-electron chi connectivity index (χ2n) is 6.06. The van der Waals surface area contributed by atoms with Crippen molar-refractivity contribution in [3.05, 3.63) is 35.6 Å². The first-order chi connectivity index (χ1) is 9.19. The van der Waals surface area contributed by atoms with Crippen molar-refractivity contribution in [3.63, 3.8) is 0 Å². The van der Waals surface area contributed by atoms with Gasteiger partial charge in [0.25, 0.3) is 0 Å². The van der Waals surface area contributed by atoms with E-state index in [1.54, 1.807) is 0 Å². The Kier molecular flexibility index (Phi) is 5.38. The van der Waals surface area contributed by atoms with E-state index < -0.39 is 0 Å². The molecule has 0 radical (unpaired) electrons. The lowest BCUT2D eigenvalue weighted by Crippen LogP contribution is -2.34. The SMILES string of the molecule is CCCC1CCC(C(N)Cc2ccc(F)cc2)CC1. The molecule has 1 saturated carbocycles. The molecule has 1 atom stereocenters. The van der Waals surface area contributed by atoms with Crippen molar-refractivity contribution in [3.8, 4) is 0 Å². The summed E-state index contributed by atoms with van der Waals surface area (Å²) in [5.74, 6) is 1.41. The zero-order valence-electron chi connectivity index (χ0n) is 11.9. The van der Waals surface area contributed by atoms with Gasteiger partial charge in [-0.05, 0) is 48.8 Å². The molecule has 19 heavy (non-hydrogen) atoms. The van der Waals surface area contributed by atoms with Gasteiger partial charge in [-0.3, -0.25) is 0 Å². The maximum Gasteiger partial charge on any atom is 0.123 e. The monoisotopic (exact) mass is 263 g/mol. The fourth-order valence-electron chi connectivity index (χ4n) is 3.37. The van der Waals surface area contributed by atoms with Crippen molar-refractivity contribution >= 4 is 0 Å². The molecule has 0 saturated heterocycles. The van der Waals surface area contributed by atoms with Crippen LogP contribution in [-0.4, -0.2) is 6.04 Å². The lowest BCUT2D eigenvalue weighted by atomic mass is 9.76. The molecule has 1 aromatic rings. The topological polar surface area (TPSA) is 26.0 Å². The molecule has 0 spiro atoms. The summed E-state index contributed by atoms with van der Waals surface area (Å²) < 4.78 is 12.9. The summed E-state index contributed by atoms with van der Waals surface area (Å²) >= 11 is 0.